The molecule has 0 bridgehead atoms. The van der Waals surface area contributed by atoms with Crippen LogP contribution in [0, 0.1) is 0 Å². The van der Waals surface area contributed by atoms with E-state index in [1.165, 1.54) is 6.07 Å². The number of aliphatic hydroxyl groups is 1. The molecule has 0 aliphatic heterocycles. The molecule has 0 aliphatic carbocycles. The zero-order valence-corrected chi connectivity index (χ0v) is 9.69. The molecule has 0 aromatic heterocycles. The van der Waals surface area contributed by atoms with Crippen molar-refractivity contribution < 1.29 is 19.7 Å². The van der Waals surface area contributed by atoms with Crippen LogP contribution in [-0.2, 0) is 0 Å². The molecule has 0 spiro atoms. The van der Waals surface area contributed by atoms with Crippen molar-refractivity contribution in [3.63, 3.8) is 0 Å². The standard InChI is InChI=1S/C10H11BrO4/c1-6(12)5-15-9-3-2-7(11)4-8(9)10(13)14/h2-4,6,12H,5H2,1H3,(H,13,14). The largest absolute Gasteiger partial charge is 0.490 e. The Morgan fingerprint density at radius 2 is 2.27 bits per heavy atom. The van der Waals surface area contributed by atoms with E-state index >= 15 is 0 Å². The minimum atomic E-state index is -1.06. The van der Waals surface area contributed by atoms with Crippen molar-refractivity contribution in [1.82, 2.24) is 0 Å². The molecule has 1 atom stereocenters. The van der Waals surface area contributed by atoms with Gasteiger partial charge in [0.15, 0.2) is 0 Å². The van der Waals surface area contributed by atoms with Gasteiger partial charge in [-0.3, -0.25) is 0 Å². The number of halogens is 1. The van der Waals surface area contributed by atoms with Gasteiger partial charge < -0.3 is 14.9 Å². The van der Waals surface area contributed by atoms with Crippen LogP contribution < -0.4 is 4.74 Å². The fourth-order valence-corrected chi connectivity index (χ4v) is 1.37. The highest BCUT2D eigenvalue weighted by Crippen LogP contribution is 2.23. The van der Waals surface area contributed by atoms with Crippen LogP contribution in [0.2, 0.25) is 0 Å². The average Bonchev–Trinajstić information content (AvgIpc) is 2.15. The lowest BCUT2D eigenvalue weighted by Gasteiger charge is -2.10. The smallest absolute Gasteiger partial charge is 0.339 e. The lowest BCUT2D eigenvalue weighted by molar-refractivity contribution is 0.0685. The highest BCUT2D eigenvalue weighted by atomic mass is 79.9. The summed E-state index contributed by atoms with van der Waals surface area (Å²) in [6.07, 6.45) is -0.629. The first-order chi connectivity index (χ1) is 7.00. The summed E-state index contributed by atoms with van der Waals surface area (Å²) in [6, 6.07) is 4.69. The maximum Gasteiger partial charge on any atom is 0.339 e. The van der Waals surface area contributed by atoms with Gasteiger partial charge in [0.25, 0.3) is 0 Å². The van der Waals surface area contributed by atoms with Gasteiger partial charge >= 0.3 is 5.97 Å². The Labute approximate surface area is 95.6 Å². The van der Waals surface area contributed by atoms with Crippen LogP contribution in [0.3, 0.4) is 0 Å². The predicted octanol–water partition coefficient (Wildman–Crippen LogP) is 1.91. The van der Waals surface area contributed by atoms with Crippen LogP contribution in [0.4, 0.5) is 0 Å². The summed E-state index contributed by atoms with van der Waals surface area (Å²) in [4.78, 5) is 10.9. The first-order valence-electron chi connectivity index (χ1n) is 4.34. The van der Waals surface area contributed by atoms with Gasteiger partial charge in [0.1, 0.15) is 17.9 Å². The van der Waals surface area contributed by atoms with Gasteiger partial charge in [-0.2, -0.15) is 0 Å². The molecule has 5 heteroatoms. The van der Waals surface area contributed by atoms with Gasteiger partial charge in [-0.25, -0.2) is 4.79 Å². The maximum absolute atomic E-state index is 10.9. The molecule has 0 aliphatic rings. The minimum Gasteiger partial charge on any atom is -0.490 e. The topological polar surface area (TPSA) is 66.8 Å². The van der Waals surface area contributed by atoms with E-state index in [0.29, 0.717) is 4.47 Å². The fraction of sp³-hybridized carbons (Fsp3) is 0.300. The lowest BCUT2D eigenvalue weighted by atomic mass is 10.2. The molecule has 0 saturated carbocycles. The van der Waals surface area contributed by atoms with Crippen molar-refractivity contribution in [1.29, 1.82) is 0 Å². The number of aliphatic hydroxyl groups excluding tert-OH is 1. The van der Waals surface area contributed by atoms with Gasteiger partial charge in [0.2, 0.25) is 0 Å². The van der Waals surface area contributed by atoms with Crippen LogP contribution in [-0.4, -0.2) is 28.9 Å². The van der Waals surface area contributed by atoms with Crippen molar-refractivity contribution in [2.24, 2.45) is 0 Å². The normalized spacial score (nSPS) is 12.2. The predicted molar refractivity (Wildman–Crippen MR) is 58.3 cm³/mol. The number of hydrogen-bond acceptors (Lipinski definition) is 3. The van der Waals surface area contributed by atoms with Gasteiger partial charge in [-0.05, 0) is 25.1 Å². The van der Waals surface area contributed by atoms with Crippen molar-refractivity contribution in [3.8, 4) is 5.75 Å². The van der Waals surface area contributed by atoms with Crippen molar-refractivity contribution in [2.45, 2.75) is 13.0 Å². The molecule has 0 heterocycles. The highest BCUT2D eigenvalue weighted by Gasteiger charge is 2.12. The zero-order valence-electron chi connectivity index (χ0n) is 8.11. The Kier molecular flexibility index (Phi) is 4.11. The molecular formula is C10H11BrO4. The van der Waals surface area contributed by atoms with Crippen molar-refractivity contribution in [3.05, 3.63) is 28.2 Å². The third kappa shape index (κ3) is 3.53. The number of carboxylic acid groups (broad SMARTS) is 1. The first-order valence-corrected chi connectivity index (χ1v) is 5.13. The maximum atomic E-state index is 10.9. The van der Waals surface area contributed by atoms with E-state index in [2.05, 4.69) is 15.9 Å². The Morgan fingerprint density at radius 1 is 1.60 bits per heavy atom. The zero-order chi connectivity index (χ0) is 11.4. The summed E-state index contributed by atoms with van der Waals surface area (Å²) in [5.41, 5.74) is 0.0741. The Balaban J connectivity index is 2.91. The van der Waals surface area contributed by atoms with Crippen molar-refractivity contribution >= 4 is 21.9 Å². The molecule has 82 valence electrons. The second-order valence-corrected chi connectivity index (χ2v) is 4.02. The number of aromatic carboxylic acids is 1. The van der Waals surface area contributed by atoms with E-state index in [4.69, 9.17) is 14.9 Å². The van der Waals surface area contributed by atoms with Gasteiger partial charge in [0.05, 0.1) is 6.10 Å². The second kappa shape index (κ2) is 5.14. The molecular weight excluding hydrogens is 264 g/mol. The van der Waals surface area contributed by atoms with E-state index in [9.17, 15) is 4.79 Å². The summed E-state index contributed by atoms with van der Waals surface area (Å²) in [5.74, 6) is -0.802. The van der Waals surface area contributed by atoms with E-state index in [1.807, 2.05) is 0 Å². The molecule has 0 radical (unpaired) electrons. The van der Waals surface area contributed by atoms with E-state index in [-0.39, 0.29) is 17.9 Å². The molecule has 0 amide bonds. The Bertz CT molecular complexity index is 362. The number of carbonyl (C=O) groups is 1. The number of benzene rings is 1. The summed E-state index contributed by atoms with van der Waals surface area (Å²) in [7, 11) is 0. The minimum absolute atomic E-state index is 0.0713. The fourth-order valence-electron chi connectivity index (χ4n) is 1.01. The third-order valence-electron chi connectivity index (χ3n) is 1.65. The molecule has 4 nitrogen and oxygen atoms in total. The monoisotopic (exact) mass is 274 g/mol. The molecule has 15 heavy (non-hydrogen) atoms. The quantitative estimate of drug-likeness (QED) is 0.880. The summed E-state index contributed by atoms with van der Waals surface area (Å²) in [5, 5.41) is 17.9. The highest BCUT2D eigenvalue weighted by molar-refractivity contribution is 9.10. The van der Waals surface area contributed by atoms with Crippen LogP contribution in [0.1, 0.15) is 17.3 Å². The van der Waals surface area contributed by atoms with E-state index < -0.39 is 12.1 Å². The average molecular weight is 275 g/mol. The first kappa shape index (κ1) is 12.0. The van der Waals surface area contributed by atoms with Gasteiger partial charge in [-0.1, -0.05) is 15.9 Å². The van der Waals surface area contributed by atoms with Crippen LogP contribution >= 0.6 is 15.9 Å². The Morgan fingerprint density at radius 3 is 2.80 bits per heavy atom. The summed E-state index contributed by atoms with van der Waals surface area (Å²) >= 11 is 3.18. The second-order valence-electron chi connectivity index (χ2n) is 3.11. The van der Waals surface area contributed by atoms with Crippen LogP contribution in [0.25, 0.3) is 0 Å². The Hall–Kier alpha value is -1.07. The van der Waals surface area contributed by atoms with Gasteiger partial charge in [0, 0.05) is 4.47 Å². The molecule has 1 aromatic carbocycles. The molecule has 0 saturated heterocycles. The van der Waals surface area contributed by atoms with Crippen molar-refractivity contribution in [2.75, 3.05) is 6.61 Å². The number of ether oxygens (including phenoxy) is 1. The van der Waals surface area contributed by atoms with Gasteiger partial charge in [-0.15, -0.1) is 0 Å². The van der Waals surface area contributed by atoms with E-state index in [0.717, 1.165) is 0 Å². The summed E-state index contributed by atoms with van der Waals surface area (Å²) < 4.78 is 5.83. The lowest BCUT2D eigenvalue weighted by Crippen LogP contribution is -2.14. The SMILES string of the molecule is CC(O)COc1ccc(Br)cc1C(=O)O. The summed E-state index contributed by atoms with van der Waals surface area (Å²) in [6.45, 7) is 1.64. The number of carboxylic acids is 1. The number of hydrogen-bond donors (Lipinski definition) is 2. The number of rotatable bonds is 4. The third-order valence-corrected chi connectivity index (χ3v) is 2.15. The molecule has 1 rings (SSSR count). The van der Waals surface area contributed by atoms with Crippen LogP contribution in [0.5, 0.6) is 5.75 Å². The molecule has 1 aromatic rings. The molecule has 0 fully saturated rings. The van der Waals surface area contributed by atoms with Crippen LogP contribution in [0.15, 0.2) is 22.7 Å². The molecule has 2 N–H and O–H groups in total. The van der Waals surface area contributed by atoms with E-state index in [1.54, 1.807) is 19.1 Å². The molecule has 1 unspecified atom stereocenters.